The van der Waals surface area contributed by atoms with Crippen molar-refractivity contribution in [1.29, 1.82) is 5.26 Å². The predicted molar refractivity (Wildman–Crippen MR) is 89.2 cm³/mol. The first-order valence-corrected chi connectivity index (χ1v) is 9.07. The quantitative estimate of drug-likeness (QED) is 0.807. The van der Waals surface area contributed by atoms with Gasteiger partial charge in [-0.15, -0.1) is 0 Å². The number of benzene rings is 2. The van der Waals surface area contributed by atoms with Gasteiger partial charge in [-0.1, -0.05) is 18.2 Å². The van der Waals surface area contributed by atoms with Crippen molar-refractivity contribution in [2.45, 2.75) is 11.9 Å². The van der Waals surface area contributed by atoms with Crippen LogP contribution in [0.4, 0.5) is 13.2 Å². The topological polar surface area (TPSA) is 96.3 Å². The first kappa shape index (κ1) is 20.3. The van der Waals surface area contributed by atoms with Gasteiger partial charge in [-0.05, 0) is 35.9 Å². The van der Waals surface area contributed by atoms with Crippen LogP contribution in [0.2, 0.25) is 0 Å². The Balaban J connectivity index is 2.04. The van der Waals surface area contributed by atoms with Crippen molar-refractivity contribution in [3.05, 3.63) is 65.2 Å². The van der Waals surface area contributed by atoms with Crippen molar-refractivity contribution in [3.63, 3.8) is 0 Å². The van der Waals surface area contributed by atoms with Gasteiger partial charge < -0.3 is 4.74 Å². The Morgan fingerprint density at radius 2 is 1.74 bits per heavy atom. The van der Waals surface area contributed by atoms with Gasteiger partial charge in [-0.2, -0.15) is 18.4 Å². The van der Waals surface area contributed by atoms with Crippen LogP contribution in [0.3, 0.4) is 0 Å². The smallest absolute Gasteiger partial charge is 0.422 e. The zero-order chi connectivity index (χ0) is 20.1. The molecule has 0 spiro atoms. The number of hydrogen-bond donors (Lipinski definition) is 1. The second kappa shape index (κ2) is 8.09. The number of nitriles is 1. The van der Waals surface area contributed by atoms with E-state index in [1.54, 1.807) is 12.1 Å². The van der Waals surface area contributed by atoms with E-state index < -0.39 is 34.5 Å². The molecule has 0 atom stereocenters. The minimum atomic E-state index is -4.50. The third kappa shape index (κ3) is 6.31. The van der Waals surface area contributed by atoms with Crippen molar-refractivity contribution >= 4 is 15.9 Å². The highest BCUT2D eigenvalue weighted by atomic mass is 32.2. The number of sulfonamides is 1. The molecule has 27 heavy (non-hydrogen) atoms. The van der Waals surface area contributed by atoms with Crippen LogP contribution in [-0.4, -0.2) is 27.1 Å². The molecule has 0 aliphatic rings. The van der Waals surface area contributed by atoms with E-state index in [4.69, 9.17) is 5.26 Å². The third-order valence-corrected chi connectivity index (χ3v) is 4.44. The number of hydrogen-bond acceptors (Lipinski definition) is 5. The number of amides is 1. The van der Waals surface area contributed by atoms with E-state index in [9.17, 15) is 26.4 Å². The van der Waals surface area contributed by atoms with Gasteiger partial charge >= 0.3 is 6.18 Å². The minimum Gasteiger partial charge on any atom is -0.484 e. The number of carbonyl (C=O) groups excluding carboxylic acids is 1. The highest BCUT2D eigenvalue weighted by Gasteiger charge is 2.28. The lowest BCUT2D eigenvalue weighted by molar-refractivity contribution is -0.153. The molecule has 0 saturated heterocycles. The van der Waals surface area contributed by atoms with E-state index in [2.05, 4.69) is 4.74 Å². The summed E-state index contributed by atoms with van der Waals surface area (Å²) in [4.78, 5) is 12.1. The van der Waals surface area contributed by atoms with Gasteiger partial charge in [0, 0.05) is 5.56 Å². The molecule has 0 radical (unpaired) electrons. The van der Waals surface area contributed by atoms with Gasteiger partial charge in [0.25, 0.3) is 5.91 Å². The molecule has 0 bridgehead atoms. The largest absolute Gasteiger partial charge is 0.484 e. The summed E-state index contributed by atoms with van der Waals surface area (Å²) in [5, 5.41) is 8.98. The van der Waals surface area contributed by atoms with E-state index in [0.29, 0.717) is 0 Å². The van der Waals surface area contributed by atoms with Gasteiger partial charge in [-0.25, -0.2) is 13.1 Å². The van der Waals surface area contributed by atoms with Crippen LogP contribution in [-0.2, 0) is 15.8 Å². The van der Waals surface area contributed by atoms with Crippen LogP contribution in [0, 0.1) is 11.3 Å². The summed E-state index contributed by atoms with van der Waals surface area (Å²) in [6.45, 7) is -1.48. The summed E-state index contributed by atoms with van der Waals surface area (Å²) in [5.41, 5.74) is 0.323. The first-order chi connectivity index (χ1) is 12.6. The highest BCUT2D eigenvalue weighted by Crippen LogP contribution is 2.19. The van der Waals surface area contributed by atoms with Crippen molar-refractivity contribution in [2.24, 2.45) is 0 Å². The van der Waals surface area contributed by atoms with Gasteiger partial charge in [0.15, 0.2) is 6.61 Å². The summed E-state index contributed by atoms with van der Waals surface area (Å²) in [5.74, 6) is -1.64. The third-order valence-electron chi connectivity index (χ3n) is 3.25. The standard InChI is InChI=1S/C17H13F3N2O4S/c18-17(19,20)11-26-15-7-5-12(6-8-15)16(23)22-27(24,25)10-14-4-2-1-3-13(14)9-21/h1-8H,10-11H2,(H,22,23). The predicted octanol–water partition coefficient (Wildman–Crippen LogP) is 2.76. The number of nitrogens with one attached hydrogen (secondary N) is 1. The molecule has 2 aromatic carbocycles. The lowest BCUT2D eigenvalue weighted by Crippen LogP contribution is -2.31. The SMILES string of the molecule is N#Cc1ccccc1CS(=O)(=O)NC(=O)c1ccc(OCC(F)(F)F)cc1. The van der Waals surface area contributed by atoms with Crippen LogP contribution in [0.5, 0.6) is 5.75 Å². The lowest BCUT2D eigenvalue weighted by atomic mass is 10.1. The van der Waals surface area contributed by atoms with Crippen molar-refractivity contribution in [1.82, 2.24) is 4.72 Å². The van der Waals surface area contributed by atoms with Crippen LogP contribution in [0.1, 0.15) is 21.5 Å². The van der Waals surface area contributed by atoms with Crippen molar-refractivity contribution in [3.8, 4) is 11.8 Å². The van der Waals surface area contributed by atoms with Gasteiger partial charge in [0.1, 0.15) is 5.75 Å². The van der Waals surface area contributed by atoms with Crippen molar-refractivity contribution < 1.29 is 31.1 Å². The Morgan fingerprint density at radius 3 is 2.33 bits per heavy atom. The molecule has 142 valence electrons. The fourth-order valence-electron chi connectivity index (χ4n) is 2.06. The Bertz CT molecular complexity index is 965. The van der Waals surface area contributed by atoms with E-state index in [-0.39, 0.29) is 22.4 Å². The van der Waals surface area contributed by atoms with E-state index in [1.807, 2.05) is 10.8 Å². The van der Waals surface area contributed by atoms with Gasteiger partial charge in [-0.3, -0.25) is 4.79 Å². The molecule has 10 heteroatoms. The Kier molecular flexibility index (Phi) is 6.07. The lowest BCUT2D eigenvalue weighted by Gasteiger charge is -2.10. The summed E-state index contributed by atoms with van der Waals surface area (Å²) >= 11 is 0. The van der Waals surface area contributed by atoms with E-state index >= 15 is 0 Å². The summed E-state index contributed by atoms with van der Waals surface area (Å²) in [7, 11) is -4.08. The molecule has 0 aromatic heterocycles. The zero-order valence-corrected chi connectivity index (χ0v) is 14.5. The molecule has 0 fully saturated rings. The molecule has 2 rings (SSSR count). The van der Waals surface area contributed by atoms with Crippen LogP contribution in [0.15, 0.2) is 48.5 Å². The van der Waals surface area contributed by atoms with Crippen LogP contribution >= 0.6 is 0 Å². The maximum absolute atomic E-state index is 12.1. The monoisotopic (exact) mass is 398 g/mol. The summed E-state index contributed by atoms with van der Waals surface area (Å²) < 4.78 is 66.9. The number of nitrogens with zero attached hydrogens (tertiary/aromatic N) is 1. The fourth-order valence-corrected chi connectivity index (χ4v) is 3.20. The second-order valence-electron chi connectivity index (χ2n) is 5.39. The number of rotatable bonds is 6. The van der Waals surface area contributed by atoms with E-state index in [1.165, 1.54) is 12.1 Å². The molecule has 1 amide bonds. The molecule has 6 nitrogen and oxygen atoms in total. The van der Waals surface area contributed by atoms with Gasteiger partial charge in [0.05, 0.1) is 17.4 Å². The number of alkyl halides is 3. The normalized spacial score (nSPS) is 11.5. The second-order valence-corrected chi connectivity index (χ2v) is 7.11. The van der Waals surface area contributed by atoms with Crippen molar-refractivity contribution in [2.75, 3.05) is 6.61 Å². The number of ether oxygens (including phenoxy) is 1. The zero-order valence-electron chi connectivity index (χ0n) is 13.7. The molecule has 2 aromatic rings. The summed E-state index contributed by atoms with van der Waals surface area (Å²) in [6, 6.07) is 12.4. The maximum Gasteiger partial charge on any atom is 0.422 e. The Hall–Kier alpha value is -3.06. The summed E-state index contributed by atoms with van der Waals surface area (Å²) in [6.07, 6.45) is -4.50. The van der Waals surface area contributed by atoms with Crippen LogP contribution < -0.4 is 9.46 Å². The number of halogens is 3. The first-order valence-electron chi connectivity index (χ1n) is 7.42. The molecule has 0 saturated carbocycles. The molecule has 1 N–H and O–H groups in total. The molecule has 0 unspecified atom stereocenters. The molecular weight excluding hydrogens is 385 g/mol. The number of carbonyl (C=O) groups is 1. The molecule has 0 aliphatic carbocycles. The highest BCUT2D eigenvalue weighted by molar-refractivity contribution is 7.89. The maximum atomic E-state index is 12.1. The van der Waals surface area contributed by atoms with Gasteiger partial charge in [0.2, 0.25) is 10.0 Å². The Labute approximate surface area is 153 Å². The molecule has 0 aliphatic heterocycles. The fraction of sp³-hybridized carbons (Fsp3) is 0.176. The van der Waals surface area contributed by atoms with E-state index in [0.717, 1.165) is 24.3 Å². The average Bonchev–Trinajstić information content (AvgIpc) is 2.59. The molecule has 0 heterocycles. The average molecular weight is 398 g/mol. The Morgan fingerprint density at radius 1 is 1.11 bits per heavy atom. The molecular formula is C17H13F3N2O4S. The van der Waals surface area contributed by atoms with Crippen LogP contribution in [0.25, 0.3) is 0 Å². The minimum absolute atomic E-state index is 0.0773.